The number of H-pyrrole nitrogens is 1. The van der Waals surface area contributed by atoms with Crippen molar-refractivity contribution >= 4 is 5.91 Å². The SMILES string of the molecule is COc1ccc(C)cc1CC(=O)N1CCOC(c2nc(C)cc(=O)[nH]2)C1. The van der Waals surface area contributed by atoms with Crippen LogP contribution in [0.1, 0.15) is 28.7 Å². The highest BCUT2D eigenvalue weighted by Crippen LogP contribution is 2.23. The van der Waals surface area contributed by atoms with Gasteiger partial charge in [-0.15, -0.1) is 0 Å². The number of morpholine rings is 1. The van der Waals surface area contributed by atoms with Gasteiger partial charge in [-0.1, -0.05) is 17.7 Å². The third kappa shape index (κ3) is 4.11. The second-order valence-electron chi connectivity index (χ2n) is 6.46. The molecule has 0 aliphatic carbocycles. The van der Waals surface area contributed by atoms with Crippen molar-refractivity contribution in [1.29, 1.82) is 0 Å². The standard InChI is InChI=1S/C19H23N3O4/c1-12-4-5-15(25-3)14(8-12)10-18(24)22-6-7-26-16(11-22)19-20-13(2)9-17(23)21-19/h4-5,8-9,16H,6-7,10-11H2,1-3H3,(H,20,21,23). The Morgan fingerprint density at radius 2 is 2.19 bits per heavy atom. The van der Waals surface area contributed by atoms with Crippen molar-refractivity contribution in [2.24, 2.45) is 0 Å². The van der Waals surface area contributed by atoms with Gasteiger partial charge in [0.1, 0.15) is 17.7 Å². The zero-order valence-corrected chi connectivity index (χ0v) is 15.2. The molecule has 2 aromatic rings. The number of methoxy groups -OCH3 is 1. The molecule has 138 valence electrons. The lowest BCUT2D eigenvalue weighted by atomic mass is 10.1. The Morgan fingerprint density at radius 3 is 2.92 bits per heavy atom. The molecule has 1 atom stereocenters. The number of carbonyl (C=O) groups is 1. The van der Waals surface area contributed by atoms with Crippen LogP contribution in [0.3, 0.4) is 0 Å². The number of benzene rings is 1. The Hall–Kier alpha value is -2.67. The molecule has 1 amide bonds. The van der Waals surface area contributed by atoms with Crippen LogP contribution in [-0.2, 0) is 16.0 Å². The summed E-state index contributed by atoms with van der Waals surface area (Å²) >= 11 is 0. The molecule has 1 saturated heterocycles. The molecule has 3 rings (SSSR count). The van der Waals surface area contributed by atoms with E-state index in [0.717, 1.165) is 11.1 Å². The highest BCUT2D eigenvalue weighted by molar-refractivity contribution is 5.79. The van der Waals surface area contributed by atoms with E-state index in [2.05, 4.69) is 9.97 Å². The number of hydrogen-bond acceptors (Lipinski definition) is 5. The number of amides is 1. The first-order valence-electron chi connectivity index (χ1n) is 8.57. The molecule has 26 heavy (non-hydrogen) atoms. The number of nitrogens with one attached hydrogen (secondary N) is 1. The highest BCUT2D eigenvalue weighted by Gasteiger charge is 2.27. The van der Waals surface area contributed by atoms with Crippen molar-refractivity contribution in [3.05, 3.63) is 57.3 Å². The summed E-state index contributed by atoms with van der Waals surface area (Å²) in [5, 5.41) is 0. The van der Waals surface area contributed by atoms with Crippen LogP contribution in [0, 0.1) is 13.8 Å². The molecule has 1 fully saturated rings. The largest absolute Gasteiger partial charge is 0.496 e. The average molecular weight is 357 g/mol. The maximum Gasteiger partial charge on any atom is 0.251 e. The fraction of sp³-hybridized carbons (Fsp3) is 0.421. The quantitative estimate of drug-likeness (QED) is 0.897. The normalized spacial score (nSPS) is 17.2. The van der Waals surface area contributed by atoms with Crippen LogP contribution in [0.2, 0.25) is 0 Å². The number of carbonyl (C=O) groups excluding carboxylic acids is 1. The van der Waals surface area contributed by atoms with Crippen molar-refractivity contribution in [1.82, 2.24) is 14.9 Å². The average Bonchev–Trinajstić information content (AvgIpc) is 2.61. The summed E-state index contributed by atoms with van der Waals surface area (Å²) in [5.74, 6) is 1.16. The Morgan fingerprint density at radius 1 is 1.38 bits per heavy atom. The Balaban J connectivity index is 1.74. The Labute approximate surface area is 152 Å². The number of nitrogens with zero attached hydrogens (tertiary/aromatic N) is 2. The molecular formula is C19H23N3O4. The van der Waals surface area contributed by atoms with Crippen LogP contribution in [0.4, 0.5) is 0 Å². The lowest BCUT2D eigenvalue weighted by molar-refractivity contribution is -0.138. The van der Waals surface area contributed by atoms with Crippen molar-refractivity contribution in [3.8, 4) is 5.75 Å². The molecule has 1 aromatic heterocycles. The fourth-order valence-corrected chi connectivity index (χ4v) is 3.12. The van der Waals surface area contributed by atoms with E-state index in [9.17, 15) is 9.59 Å². The third-order valence-corrected chi connectivity index (χ3v) is 4.39. The van der Waals surface area contributed by atoms with E-state index >= 15 is 0 Å². The van der Waals surface area contributed by atoms with E-state index in [4.69, 9.17) is 9.47 Å². The number of hydrogen-bond donors (Lipinski definition) is 1. The first-order valence-corrected chi connectivity index (χ1v) is 8.57. The molecule has 0 saturated carbocycles. The maximum absolute atomic E-state index is 12.8. The smallest absolute Gasteiger partial charge is 0.251 e. The van der Waals surface area contributed by atoms with Crippen LogP contribution in [0.5, 0.6) is 5.75 Å². The van der Waals surface area contributed by atoms with Gasteiger partial charge in [-0.2, -0.15) is 0 Å². The molecule has 0 bridgehead atoms. The number of aryl methyl sites for hydroxylation is 2. The van der Waals surface area contributed by atoms with E-state index in [1.54, 1.807) is 18.9 Å². The van der Waals surface area contributed by atoms with Crippen LogP contribution >= 0.6 is 0 Å². The van der Waals surface area contributed by atoms with Gasteiger partial charge in [-0.25, -0.2) is 4.98 Å². The van der Waals surface area contributed by atoms with Crippen molar-refractivity contribution in [3.63, 3.8) is 0 Å². The molecule has 2 heterocycles. The van der Waals surface area contributed by atoms with E-state index in [-0.39, 0.29) is 17.9 Å². The molecule has 0 spiro atoms. The number of rotatable bonds is 4. The number of aromatic nitrogens is 2. The van der Waals surface area contributed by atoms with Crippen molar-refractivity contribution < 1.29 is 14.3 Å². The van der Waals surface area contributed by atoms with E-state index in [1.807, 2.05) is 25.1 Å². The minimum absolute atomic E-state index is 0.00259. The summed E-state index contributed by atoms with van der Waals surface area (Å²) in [5.41, 5.74) is 2.35. The van der Waals surface area contributed by atoms with Gasteiger partial charge in [-0.05, 0) is 19.9 Å². The molecule has 7 nitrogen and oxygen atoms in total. The first-order chi connectivity index (χ1) is 12.5. The minimum atomic E-state index is -0.431. The summed E-state index contributed by atoms with van der Waals surface area (Å²) < 4.78 is 11.1. The summed E-state index contributed by atoms with van der Waals surface area (Å²) in [4.78, 5) is 33.2. The van der Waals surface area contributed by atoms with Gasteiger partial charge in [0, 0.05) is 23.9 Å². The molecule has 1 aliphatic heterocycles. The van der Waals surface area contributed by atoms with Crippen LogP contribution in [0.25, 0.3) is 0 Å². The van der Waals surface area contributed by atoms with Gasteiger partial charge in [-0.3, -0.25) is 9.59 Å². The summed E-state index contributed by atoms with van der Waals surface area (Å²) in [6.45, 7) is 5.02. The summed E-state index contributed by atoms with van der Waals surface area (Å²) in [6.07, 6.45) is -0.172. The molecular weight excluding hydrogens is 334 g/mol. The zero-order valence-electron chi connectivity index (χ0n) is 15.2. The van der Waals surface area contributed by atoms with Gasteiger partial charge >= 0.3 is 0 Å². The van der Waals surface area contributed by atoms with Crippen LogP contribution in [-0.4, -0.2) is 47.6 Å². The van der Waals surface area contributed by atoms with Gasteiger partial charge < -0.3 is 19.4 Å². The highest BCUT2D eigenvalue weighted by atomic mass is 16.5. The monoisotopic (exact) mass is 357 g/mol. The Kier molecular flexibility index (Phi) is 5.37. The predicted octanol–water partition coefficient (Wildman–Crippen LogP) is 1.54. The minimum Gasteiger partial charge on any atom is -0.496 e. The molecule has 1 N–H and O–H groups in total. The maximum atomic E-state index is 12.8. The van der Waals surface area contributed by atoms with Gasteiger partial charge in [0.05, 0.1) is 26.7 Å². The molecule has 1 aromatic carbocycles. The van der Waals surface area contributed by atoms with Crippen molar-refractivity contribution in [2.45, 2.75) is 26.4 Å². The number of ether oxygens (including phenoxy) is 2. The second kappa shape index (κ2) is 7.70. The lowest BCUT2D eigenvalue weighted by Gasteiger charge is -2.32. The molecule has 0 radical (unpaired) electrons. The van der Waals surface area contributed by atoms with Crippen LogP contribution < -0.4 is 10.3 Å². The molecule has 7 heteroatoms. The van der Waals surface area contributed by atoms with Crippen molar-refractivity contribution in [2.75, 3.05) is 26.8 Å². The zero-order chi connectivity index (χ0) is 18.7. The van der Waals surface area contributed by atoms with Gasteiger partial charge in [0.25, 0.3) is 5.56 Å². The van der Waals surface area contributed by atoms with Gasteiger partial charge in [0.2, 0.25) is 5.91 Å². The molecule has 1 unspecified atom stereocenters. The predicted molar refractivity (Wildman–Crippen MR) is 96.3 cm³/mol. The summed E-state index contributed by atoms with van der Waals surface area (Å²) in [6, 6.07) is 7.23. The summed E-state index contributed by atoms with van der Waals surface area (Å²) in [7, 11) is 1.60. The second-order valence-corrected chi connectivity index (χ2v) is 6.46. The molecule has 1 aliphatic rings. The van der Waals surface area contributed by atoms with Crippen LogP contribution in [0.15, 0.2) is 29.1 Å². The Bertz CT molecular complexity index is 862. The fourth-order valence-electron chi connectivity index (χ4n) is 3.12. The topological polar surface area (TPSA) is 84.5 Å². The lowest BCUT2D eigenvalue weighted by Crippen LogP contribution is -2.43. The van der Waals surface area contributed by atoms with E-state index < -0.39 is 6.10 Å². The van der Waals surface area contributed by atoms with E-state index in [0.29, 0.717) is 37.0 Å². The van der Waals surface area contributed by atoms with Gasteiger partial charge in [0.15, 0.2) is 0 Å². The first kappa shape index (κ1) is 18.1. The number of aromatic amines is 1. The van der Waals surface area contributed by atoms with E-state index in [1.165, 1.54) is 6.07 Å². The third-order valence-electron chi connectivity index (χ3n) is 4.39.